The Morgan fingerprint density at radius 1 is 1.03 bits per heavy atom. The average Bonchev–Trinajstić information content (AvgIpc) is 2.78. The lowest BCUT2D eigenvalue weighted by Gasteiger charge is -2.28. The number of amides is 1. The maximum atomic E-state index is 12.9. The Kier molecular flexibility index (Phi) is 6.55. The second kappa shape index (κ2) is 9.34. The maximum Gasteiger partial charge on any atom is 0.242 e. The van der Waals surface area contributed by atoms with Gasteiger partial charge in [0.15, 0.2) is 0 Å². The van der Waals surface area contributed by atoms with Gasteiger partial charge in [-0.05, 0) is 61.9 Å². The highest BCUT2D eigenvalue weighted by atomic mass is 35.5. The summed E-state index contributed by atoms with van der Waals surface area (Å²) in [6.07, 6.45) is 4.65. The van der Waals surface area contributed by atoms with Crippen LogP contribution in [0, 0.1) is 11.8 Å². The van der Waals surface area contributed by atoms with Crippen LogP contribution >= 0.6 is 11.6 Å². The first-order valence-corrected chi connectivity index (χ1v) is 12.2. The first kappa shape index (κ1) is 21.7. The number of sulfonamides is 1. The van der Waals surface area contributed by atoms with Crippen molar-refractivity contribution in [3.05, 3.63) is 65.8 Å². The molecule has 0 saturated heterocycles. The van der Waals surface area contributed by atoms with Gasteiger partial charge in [-0.3, -0.25) is 9.78 Å². The van der Waals surface area contributed by atoms with Crippen LogP contribution in [0.2, 0.25) is 5.02 Å². The molecule has 1 saturated carbocycles. The van der Waals surface area contributed by atoms with Gasteiger partial charge in [-0.1, -0.05) is 35.9 Å². The molecule has 0 spiro atoms. The SMILES string of the molecule is O=C(Nc1cccc(Cl)c1)C1CCC(CNS(=O)(=O)c2cccc3cccnc23)CC1. The van der Waals surface area contributed by atoms with Crippen LogP contribution in [-0.2, 0) is 14.8 Å². The second-order valence-electron chi connectivity index (χ2n) is 7.90. The van der Waals surface area contributed by atoms with Gasteiger partial charge >= 0.3 is 0 Å². The molecule has 1 aliphatic carbocycles. The first-order valence-electron chi connectivity index (χ1n) is 10.3. The molecule has 4 rings (SSSR count). The molecule has 2 aromatic carbocycles. The summed E-state index contributed by atoms with van der Waals surface area (Å²) < 4.78 is 28.5. The smallest absolute Gasteiger partial charge is 0.242 e. The molecule has 1 heterocycles. The molecule has 0 aliphatic heterocycles. The van der Waals surface area contributed by atoms with Crippen molar-refractivity contribution in [1.29, 1.82) is 0 Å². The van der Waals surface area contributed by atoms with E-state index in [-0.39, 0.29) is 22.6 Å². The number of halogens is 1. The van der Waals surface area contributed by atoms with E-state index in [2.05, 4.69) is 15.0 Å². The zero-order valence-corrected chi connectivity index (χ0v) is 18.5. The molecule has 1 aliphatic rings. The normalized spacial score (nSPS) is 19.3. The van der Waals surface area contributed by atoms with Crippen LogP contribution in [0.15, 0.2) is 65.7 Å². The summed E-state index contributed by atoms with van der Waals surface area (Å²) >= 11 is 5.97. The molecule has 162 valence electrons. The highest BCUT2D eigenvalue weighted by Crippen LogP contribution is 2.30. The van der Waals surface area contributed by atoms with E-state index >= 15 is 0 Å². The number of pyridine rings is 1. The fraction of sp³-hybridized carbons (Fsp3) is 0.304. The number of hydrogen-bond donors (Lipinski definition) is 2. The standard InChI is InChI=1S/C23H24ClN3O3S/c24-19-6-2-7-20(14-19)27-23(28)18-11-9-16(10-12-18)15-26-31(29,30)21-8-1-4-17-5-3-13-25-22(17)21/h1-8,13-14,16,18,26H,9-12,15H2,(H,27,28). The van der Waals surface area contributed by atoms with Crippen LogP contribution in [-0.4, -0.2) is 25.9 Å². The summed E-state index contributed by atoms with van der Waals surface area (Å²) in [5, 5.41) is 4.29. The third-order valence-electron chi connectivity index (χ3n) is 5.76. The molecule has 1 fully saturated rings. The number of benzene rings is 2. The summed E-state index contributed by atoms with van der Waals surface area (Å²) in [4.78, 5) is 17.0. The predicted octanol–water partition coefficient (Wildman–Crippen LogP) is 4.61. The summed E-state index contributed by atoms with van der Waals surface area (Å²) in [6, 6.07) is 15.9. The topological polar surface area (TPSA) is 88.2 Å². The van der Waals surface area contributed by atoms with E-state index in [9.17, 15) is 13.2 Å². The van der Waals surface area contributed by atoms with Crippen molar-refractivity contribution in [3.8, 4) is 0 Å². The second-order valence-corrected chi connectivity index (χ2v) is 10.1. The summed E-state index contributed by atoms with van der Waals surface area (Å²) in [5.41, 5.74) is 1.16. The third kappa shape index (κ3) is 5.23. The highest BCUT2D eigenvalue weighted by Gasteiger charge is 2.28. The predicted molar refractivity (Wildman–Crippen MR) is 122 cm³/mol. The molecule has 1 aromatic heterocycles. The number of nitrogens with zero attached hydrogens (tertiary/aromatic N) is 1. The number of aromatic nitrogens is 1. The number of para-hydroxylation sites is 1. The van der Waals surface area contributed by atoms with Crippen LogP contribution in [0.5, 0.6) is 0 Å². The highest BCUT2D eigenvalue weighted by molar-refractivity contribution is 7.89. The summed E-state index contributed by atoms with van der Waals surface area (Å²) in [6.45, 7) is 0.355. The van der Waals surface area contributed by atoms with E-state index in [1.165, 1.54) is 0 Å². The Hall–Kier alpha value is -2.48. The Balaban J connectivity index is 1.32. The molecule has 0 atom stereocenters. The van der Waals surface area contributed by atoms with Crippen LogP contribution in [0.1, 0.15) is 25.7 Å². The third-order valence-corrected chi connectivity index (χ3v) is 7.45. The van der Waals surface area contributed by atoms with Gasteiger partial charge in [-0.2, -0.15) is 0 Å². The Morgan fingerprint density at radius 2 is 1.77 bits per heavy atom. The zero-order chi connectivity index (χ0) is 21.8. The number of hydrogen-bond acceptors (Lipinski definition) is 4. The minimum absolute atomic E-state index is 0.0110. The van der Waals surface area contributed by atoms with Crippen LogP contribution in [0.4, 0.5) is 5.69 Å². The lowest BCUT2D eigenvalue weighted by Crippen LogP contribution is -2.33. The number of fused-ring (bicyclic) bond motifs is 1. The van der Waals surface area contributed by atoms with Crippen molar-refractivity contribution >= 4 is 44.1 Å². The van der Waals surface area contributed by atoms with Gasteiger partial charge in [0, 0.05) is 34.8 Å². The van der Waals surface area contributed by atoms with Gasteiger partial charge in [0.1, 0.15) is 4.90 Å². The van der Waals surface area contributed by atoms with Gasteiger partial charge in [0.05, 0.1) is 5.52 Å². The van der Waals surface area contributed by atoms with Crippen molar-refractivity contribution in [2.24, 2.45) is 11.8 Å². The molecular formula is C23H24ClN3O3S. The first-order chi connectivity index (χ1) is 14.9. The molecule has 0 bridgehead atoms. The van der Waals surface area contributed by atoms with E-state index in [1.807, 2.05) is 18.2 Å². The minimum Gasteiger partial charge on any atom is -0.326 e. The van der Waals surface area contributed by atoms with Crippen molar-refractivity contribution < 1.29 is 13.2 Å². The molecule has 0 unspecified atom stereocenters. The van der Waals surface area contributed by atoms with Crippen LogP contribution in [0.3, 0.4) is 0 Å². The monoisotopic (exact) mass is 457 g/mol. The molecule has 31 heavy (non-hydrogen) atoms. The van der Waals surface area contributed by atoms with E-state index in [0.717, 1.165) is 31.1 Å². The van der Waals surface area contributed by atoms with Crippen LogP contribution in [0.25, 0.3) is 10.9 Å². The summed E-state index contributed by atoms with van der Waals surface area (Å²) in [7, 11) is -3.67. The van der Waals surface area contributed by atoms with Gasteiger partial charge in [0.2, 0.25) is 15.9 Å². The molecule has 8 heteroatoms. The van der Waals surface area contributed by atoms with Gasteiger partial charge in [-0.25, -0.2) is 13.1 Å². The number of carbonyl (C=O) groups excluding carboxylic acids is 1. The Bertz CT molecular complexity index is 1190. The van der Waals surface area contributed by atoms with Crippen molar-refractivity contribution in [3.63, 3.8) is 0 Å². The fourth-order valence-electron chi connectivity index (χ4n) is 4.04. The summed E-state index contributed by atoms with van der Waals surface area (Å²) in [5.74, 6) is 0.116. The molecule has 6 nitrogen and oxygen atoms in total. The number of rotatable bonds is 6. The van der Waals surface area contributed by atoms with Gasteiger partial charge in [-0.15, -0.1) is 0 Å². The van der Waals surface area contributed by atoms with E-state index in [4.69, 9.17) is 11.6 Å². The van der Waals surface area contributed by atoms with Crippen molar-refractivity contribution in [2.45, 2.75) is 30.6 Å². The largest absolute Gasteiger partial charge is 0.326 e. The quantitative estimate of drug-likeness (QED) is 0.565. The van der Waals surface area contributed by atoms with Gasteiger partial charge in [0.25, 0.3) is 0 Å². The number of nitrogens with one attached hydrogen (secondary N) is 2. The van der Waals surface area contributed by atoms with E-state index < -0.39 is 10.0 Å². The molecule has 0 radical (unpaired) electrons. The van der Waals surface area contributed by atoms with Crippen LogP contribution < -0.4 is 10.0 Å². The van der Waals surface area contributed by atoms with Gasteiger partial charge < -0.3 is 5.32 Å². The van der Waals surface area contributed by atoms with E-state index in [0.29, 0.717) is 22.8 Å². The lowest BCUT2D eigenvalue weighted by atomic mass is 9.81. The molecular weight excluding hydrogens is 434 g/mol. The fourth-order valence-corrected chi connectivity index (χ4v) is 5.52. The number of carbonyl (C=O) groups is 1. The van der Waals surface area contributed by atoms with Crippen molar-refractivity contribution in [2.75, 3.05) is 11.9 Å². The minimum atomic E-state index is -3.67. The molecule has 1 amide bonds. The average molecular weight is 458 g/mol. The van der Waals surface area contributed by atoms with E-state index in [1.54, 1.807) is 42.6 Å². The Labute approximate surface area is 187 Å². The molecule has 2 N–H and O–H groups in total. The van der Waals surface area contributed by atoms with Crippen molar-refractivity contribution in [1.82, 2.24) is 9.71 Å². The Morgan fingerprint density at radius 3 is 2.55 bits per heavy atom. The number of anilines is 1. The zero-order valence-electron chi connectivity index (χ0n) is 16.9. The molecule has 3 aromatic rings. The maximum absolute atomic E-state index is 12.9. The lowest BCUT2D eigenvalue weighted by molar-refractivity contribution is -0.121.